The maximum absolute atomic E-state index is 13.2. The lowest BCUT2D eigenvalue weighted by atomic mass is 10.3. The summed E-state index contributed by atoms with van der Waals surface area (Å²) in [6.07, 6.45) is -2.53. The fourth-order valence-corrected chi connectivity index (χ4v) is 0.947. The van der Waals surface area contributed by atoms with E-state index in [4.69, 9.17) is 0 Å². The SMILES string of the molecule is COc1cnc(C(F)F)c(F)c1[N+](=O)[O-]. The Bertz CT molecular complexity index is 397. The Morgan fingerprint density at radius 2 is 2.20 bits per heavy atom. The molecule has 82 valence electrons. The third-order valence-corrected chi connectivity index (χ3v) is 1.60. The summed E-state index contributed by atoms with van der Waals surface area (Å²) >= 11 is 0. The molecule has 0 atom stereocenters. The molecule has 0 fully saturated rings. The number of aromatic nitrogens is 1. The van der Waals surface area contributed by atoms with Gasteiger partial charge in [0, 0.05) is 0 Å². The second kappa shape index (κ2) is 4.11. The van der Waals surface area contributed by atoms with E-state index in [1.807, 2.05) is 0 Å². The summed E-state index contributed by atoms with van der Waals surface area (Å²) in [5.74, 6) is -2.17. The lowest BCUT2D eigenvalue weighted by Gasteiger charge is -2.04. The van der Waals surface area contributed by atoms with Crippen molar-refractivity contribution in [2.24, 2.45) is 0 Å². The van der Waals surface area contributed by atoms with Gasteiger partial charge < -0.3 is 4.74 Å². The van der Waals surface area contributed by atoms with Crippen LogP contribution in [0.4, 0.5) is 18.9 Å². The molecule has 0 aliphatic heterocycles. The quantitative estimate of drug-likeness (QED) is 0.580. The van der Waals surface area contributed by atoms with Crippen molar-refractivity contribution in [3.63, 3.8) is 0 Å². The number of ether oxygens (including phenoxy) is 1. The van der Waals surface area contributed by atoms with E-state index in [0.717, 1.165) is 7.11 Å². The molecule has 5 nitrogen and oxygen atoms in total. The molecule has 0 unspecified atom stereocenters. The molecular formula is C7H5F3N2O3. The molecular weight excluding hydrogens is 217 g/mol. The maximum atomic E-state index is 13.2. The first kappa shape index (κ1) is 11.2. The highest BCUT2D eigenvalue weighted by Crippen LogP contribution is 2.33. The molecule has 0 saturated heterocycles. The molecule has 0 aromatic carbocycles. The first-order valence-corrected chi connectivity index (χ1v) is 3.64. The zero-order chi connectivity index (χ0) is 11.6. The van der Waals surface area contributed by atoms with Crippen LogP contribution in [0.2, 0.25) is 0 Å². The molecule has 1 rings (SSSR count). The number of hydrogen-bond acceptors (Lipinski definition) is 4. The summed E-state index contributed by atoms with van der Waals surface area (Å²) in [5.41, 5.74) is -2.40. The maximum Gasteiger partial charge on any atom is 0.349 e. The van der Waals surface area contributed by atoms with Gasteiger partial charge in [-0.25, -0.2) is 13.8 Å². The van der Waals surface area contributed by atoms with Crippen LogP contribution < -0.4 is 4.74 Å². The number of pyridine rings is 1. The van der Waals surface area contributed by atoms with Gasteiger partial charge in [0.15, 0.2) is 0 Å². The van der Waals surface area contributed by atoms with Crippen LogP contribution in [-0.2, 0) is 0 Å². The topological polar surface area (TPSA) is 65.3 Å². The van der Waals surface area contributed by atoms with Gasteiger partial charge in [-0.3, -0.25) is 10.1 Å². The highest BCUT2D eigenvalue weighted by molar-refractivity contribution is 5.47. The van der Waals surface area contributed by atoms with E-state index in [1.165, 1.54) is 0 Å². The van der Waals surface area contributed by atoms with Gasteiger partial charge >= 0.3 is 5.69 Å². The number of nitro groups is 1. The van der Waals surface area contributed by atoms with Crippen molar-refractivity contribution in [3.05, 3.63) is 27.8 Å². The normalized spacial score (nSPS) is 10.5. The Labute approximate surface area is 81.6 Å². The Hall–Kier alpha value is -1.86. The first-order valence-electron chi connectivity index (χ1n) is 3.64. The number of nitrogens with zero attached hydrogens (tertiary/aromatic N) is 2. The van der Waals surface area contributed by atoms with Gasteiger partial charge in [0.05, 0.1) is 18.2 Å². The molecule has 1 heterocycles. The van der Waals surface area contributed by atoms with E-state index in [0.29, 0.717) is 6.20 Å². The van der Waals surface area contributed by atoms with Crippen LogP contribution in [-0.4, -0.2) is 17.0 Å². The van der Waals surface area contributed by atoms with E-state index in [9.17, 15) is 23.3 Å². The third-order valence-electron chi connectivity index (χ3n) is 1.60. The van der Waals surface area contributed by atoms with Crippen LogP contribution in [0.15, 0.2) is 6.20 Å². The van der Waals surface area contributed by atoms with Crippen molar-refractivity contribution in [1.29, 1.82) is 0 Å². The summed E-state index contributed by atoms with van der Waals surface area (Å²) in [4.78, 5) is 12.3. The van der Waals surface area contributed by atoms with Crippen molar-refractivity contribution < 1.29 is 22.8 Å². The van der Waals surface area contributed by atoms with Gasteiger partial charge in [-0.05, 0) is 0 Å². The highest BCUT2D eigenvalue weighted by atomic mass is 19.3. The number of halogens is 3. The average molecular weight is 222 g/mol. The molecule has 0 N–H and O–H groups in total. The van der Waals surface area contributed by atoms with E-state index >= 15 is 0 Å². The molecule has 0 aliphatic carbocycles. The third kappa shape index (κ3) is 1.97. The van der Waals surface area contributed by atoms with Crippen molar-refractivity contribution >= 4 is 5.69 Å². The van der Waals surface area contributed by atoms with Gasteiger partial charge in [-0.1, -0.05) is 0 Å². The fourth-order valence-electron chi connectivity index (χ4n) is 0.947. The summed E-state index contributed by atoms with van der Waals surface area (Å²) in [6, 6.07) is 0. The summed E-state index contributed by atoms with van der Waals surface area (Å²) in [7, 11) is 1.05. The van der Waals surface area contributed by atoms with Gasteiger partial charge in [0.25, 0.3) is 6.43 Å². The first-order chi connectivity index (χ1) is 6.99. The summed E-state index contributed by atoms with van der Waals surface area (Å²) in [6.45, 7) is 0. The van der Waals surface area contributed by atoms with Crippen molar-refractivity contribution in [2.75, 3.05) is 7.11 Å². The highest BCUT2D eigenvalue weighted by Gasteiger charge is 2.29. The van der Waals surface area contributed by atoms with Crippen LogP contribution in [0.1, 0.15) is 12.1 Å². The Morgan fingerprint density at radius 1 is 1.60 bits per heavy atom. The monoisotopic (exact) mass is 222 g/mol. The van der Waals surface area contributed by atoms with Gasteiger partial charge in [0.2, 0.25) is 11.6 Å². The second-order valence-electron chi connectivity index (χ2n) is 2.43. The van der Waals surface area contributed by atoms with Gasteiger partial charge in [-0.2, -0.15) is 4.39 Å². The smallest absolute Gasteiger partial charge is 0.349 e. The molecule has 8 heteroatoms. The number of hydrogen-bond donors (Lipinski definition) is 0. The van der Waals surface area contributed by atoms with Crippen LogP contribution in [0.25, 0.3) is 0 Å². The Morgan fingerprint density at radius 3 is 2.60 bits per heavy atom. The van der Waals surface area contributed by atoms with Crippen LogP contribution in [0.5, 0.6) is 5.75 Å². The van der Waals surface area contributed by atoms with E-state index in [1.54, 1.807) is 0 Å². The molecule has 1 aromatic heterocycles. The standard InChI is InChI=1S/C7H5F3N2O3/c1-15-3-2-11-5(7(9)10)4(8)6(3)12(13)14/h2,7H,1H3. The molecule has 0 aliphatic rings. The molecule has 15 heavy (non-hydrogen) atoms. The predicted octanol–water partition coefficient (Wildman–Crippen LogP) is 2.08. The Kier molecular flexibility index (Phi) is 3.08. The minimum Gasteiger partial charge on any atom is -0.489 e. The van der Waals surface area contributed by atoms with Gasteiger partial charge in [0.1, 0.15) is 5.69 Å². The lowest BCUT2D eigenvalue weighted by molar-refractivity contribution is -0.388. The number of rotatable bonds is 3. The summed E-state index contributed by atoms with van der Waals surface area (Å²) in [5, 5.41) is 10.4. The summed E-state index contributed by atoms with van der Waals surface area (Å²) < 4.78 is 41.9. The van der Waals surface area contributed by atoms with E-state index in [2.05, 4.69) is 9.72 Å². The largest absolute Gasteiger partial charge is 0.489 e. The van der Waals surface area contributed by atoms with E-state index < -0.39 is 34.3 Å². The fraction of sp³-hybridized carbons (Fsp3) is 0.286. The van der Waals surface area contributed by atoms with Crippen LogP contribution in [0.3, 0.4) is 0 Å². The molecule has 0 spiro atoms. The van der Waals surface area contributed by atoms with Crippen LogP contribution >= 0.6 is 0 Å². The van der Waals surface area contributed by atoms with Gasteiger partial charge in [-0.15, -0.1) is 0 Å². The number of methoxy groups -OCH3 is 1. The minimum absolute atomic E-state index is 0.498. The minimum atomic E-state index is -3.21. The van der Waals surface area contributed by atoms with E-state index in [-0.39, 0.29) is 0 Å². The average Bonchev–Trinajstić information content (AvgIpc) is 2.15. The predicted molar refractivity (Wildman–Crippen MR) is 42.4 cm³/mol. The van der Waals surface area contributed by atoms with Crippen molar-refractivity contribution in [1.82, 2.24) is 4.98 Å². The molecule has 0 bridgehead atoms. The molecule has 0 amide bonds. The molecule has 0 saturated carbocycles. The zero-order valence-corrected chi connectivity index (χ0v) is 7.41. The van der Waals surface area contributed by atoms with Crippen LogP contribution in [0, 0.1) is 15.9 Å². The second-order valence-corrected chi connectivity index (χ2v) is 2.43. The van der Waals surface area contributed by atoms with Crippen molar-refractivity contribution in [3.8, 4) is 5.75 Å². The molecule has 1 aromatic rings. The Balaban J connectivity index is 3.42. The zero-order valence-electron chi connectivity index (χ0n) is 7.41. The molecule has 0 radical (unpaired) electrons. The lowest BCUT2D eigenvalue weighted by Crippen LogP contribution is -2.03. The number of alkyl halides is 2. The van der Waals surface area contributed by atoms with Crippen molar-refractivity contribution in [2.45, 2.75) is 6.43 Å².